The molecule has 2 aromatic heterocycles. The summed E-state index contributed by atoms with van der Waals surface area (Å²) in [6.07, 6.45) is 0. The van der Waals surface area contributed by atoms with Crippen LogP contribution in [0.25, 0.3) is 0 Å². The van der Waals surface area contributed by atoms with Crippen molar-refractivity contribution in [2.45, 2.75) is 26.4 Å². The topological polar surface area (TPSA) is 90.1 Å². The molecule has 0 radical (unpaired) electrons. The molecule has 6 heteroatoms. The van der Waals surface area contributed by atoms with Crippen molar-refractivity contribution < 1.29 is 8.83 Å². The minimum absolute atomic E-state index is 0.0280. The van der Waals surface area contributed by atoms with Crippen LogP contribution in [0.4, 0.5) is 6.01 Å². The van der Waals surface area contributed by atoms with Crippen LogP contribution in [0.3, 0.4) is 0 Å². The lowest BCUT2D eigenvalue weighted by Crippen LogP contribution is -2.05. The number of aromatic nitrogens is 2. The van der Waals surface area contributed by atoms with E-state index in [1.165, 1.54) is 0 Å². The first-order valence-electron chi connectivity index (χ1n) is 5.04. The van der Waals surface area contributed by atoms with Crippen molar-refractivity contribution in [3.05, 3.63) is 29.5 Å². The van der Waals surface area contributed by atoms with E-state index in [1.54, 1.807) is 0 Å². The molecule has 0 saturated heterocycles. The number of furan rings is 1. The molecule has 6 nitrogen and oxygen atoms in total. The summed E-state index contributed by atoms with van der Waals surface area (Å²) in [4.78, 5) is 0. The molecule has 3 N–H and O–H groups in total. The van der Waals surface area contributed by atoms with Crippen molar-refractivity contribution in [1.82, 2.24) is 10.2 Å². The first kappa shape index (κ1) is 10.7. The Morgan fingerprint density at radius 2 is 2.19 bits per heavy atom. The van der Waals surface area contributed by atoms with E-state index in [1.807, 2.05) is 26.0 Å². The van der Waals surface area contributed by atoms with E-state index in [0.717, 1.165) is 11.5 Å². The summed E-state index contributed by atoms with van der Waals surface area (Å²) in [5, 5.41) is 10.6. The largest absolute Gasteiger partial charge is 0.464 e. The molecule has 2 aromatic rings. The Morgan fingerprint density at radius 1 is 1.38 bits per heavy atom. The lowest BCUT2D eigenvalue weighted by molar-refractivity contribution is 0.455. The summed E-state index contributed by atoms with van der Waals surface area (Å²) >= 11 is 0. The summed E-state index contributed by atoms with van der Waals surface area (Å²) in [5.41, 5.74) is 5.37. The van der Waals surface area contributed by atoms with Gasteiger partial charge in [0.15, 0.2) is 0 Å². The molecule has 0 aliphatic rings. The number of nitrogens with zero attached hydrogens (tertiary/aromatic N) is 2. The average molecular weight is 222 g/mol. The predicted molar refractivity (Wildman–Crippen MR) is 57.7 cm³/mol. The number of hydrogen-bond acceptors (Lipinski definition) is 6. The van der Waals surface area contributed by atoms with Crippen LogP contribution in [0.15, 0.2) is 21.0 Å². The van der Waals surface area contributed by atoms with Gasteiger partial charge >= 0.3 is 6.01 Å². The number of aryl methyl sites for hydroxylation is 1. The molecule has 0 aliphatic carbocycles. The number of anilines is 1. The molecular formula is C10H14N4O2. The van der Waals surface area contributed by atoms with E-state index in [2.05, 4.69) is 15.5 Å². The molecule has 1 atom stereocenters. The first-order chi connectivity index (χ1) is 7.69. The van der Waals surface area contributed by atoms with Crippen LogP contribution in [-0.4, -0.2) is 10.2 Å². The van der Waals surface area contributed by atoms with Crippen molar-refractivity contribution in [2.75, 3.05) is 5.32 Å². The fourth-order valence-electron chi connectivity index (χ4n) is 1.34. The molecule has 0 spiro atoms. The Hall–Kier alpha value is -1.82. The Bertz CT molecular complexity index is 463. The third-order valence-corrected chi connectivity index (χ3v) is 2.17. The zero-order chi connectivity index (χ0) is 11.5. The Balaban J connectivity index is 2.04. The monoisotopic (exact) mass is 222 g/mol. The lowest BCUT2D eigenvalue weighted by Gasteiger charge is -2.07. The Kier molecular flexibility index (Phi) is 2.91. The van der Waals surface area contributed by atoms with Gasteiger partial charge < -0.3 is 19.9 Å². The van der Waals surface area contributed by atoms with Crippen molar-refractivity contribution in [3.8, 4) is 0 Å². The smallest absolute Gasteiger partial charge is 0.316 e. The van der Waals surface area contributed by atoms with Crippen LogP contribution >= 0.6 is 0 Å². The van der Waals surface area contributed by atoms with Gasteiger partial charge in [-0.3, -0.25) is 0 Å². The van der Waals surface area contributed by atoms with E-state index in [0.29, 0.717) is 11.9 Å². The van der Waals surface area contributed by atoms with Gasteiger partial charge in [0.2, 0.25) is 5.89 Å². The van der Waals surface area contributed by atoms with Gasteiger partial charge in [-0.1, -0.05) is 5.10 Å². The third kappa shape index (κ3) is 2.22. The molecule has 0 fully saturated rings. The fraction of sp³-hybridized carbons (Fsp3) is 0.400. The first-order valence-corrected chi connectivity index (χ1v) is 5.04. The van der Waals surface area contributed by atoms with Crippen molar-refractivity contribution in [2.24, 2.45) is 5.73 Å². The van der Waals surface area contributed by atoms with Crippen LogP contribution in [0.1, 0.15) is 30.4 Å². The summed E-state index contributed by atoms with van der Waals surface area (Å²) in [6.45, 7) is 4.09. The number of rotatable bonds is 4. The van der Waals surface area contributed by atoms with Crippen LogP contribution in [0.2, 0.25) is 0 Å². The molecule has 0 aromatic carbocycles. The molecule has 16 heavy (non-hydrogen) atoms. The zero-order valence-corrected chi connectivity index (χ0v) is 9.23. The maximum absolute atomic E-state index is 5.47. The molecule has 1 unspecified atom stereocenters. The van der Waals surface area contributed by atoms with Gasteiger partial charge in [0.25, 0.3) is 0 Å². The average Bonchev–Trinajstić information content (AvgIpc) is 2.87. The van der Waals surface area contributed by atoms with Crippen molar-refractivity contribution in [1.29, 1.82) is 0 Å². The highest BCUT2D eigenvalue weighted by atomic mass is 16.4. The predicted octanol–water partition coefficient (Wildman–Crippen LogP) is 1.60. The van der Waals surface area contributed by atoms with Gasteiger partial charge in [-0.2, -0.15) is 0 Å². The van der Waals surface area contributed by atoms with Gasteiger partial charge in [-0.25, -0.2) is 0 Å². The second kappa shape index (κ2) is 4.36. The quantitative estimate of drug-likeness (QED) is 0.816. The van der Waals surface area contributed by atoms with E-state index in [4.69, 9.17) is 14.6 Å². The molecule has 2 rings (SSSR count). The van der Waals surface area contributed by atoms with E-state index >= 15 is 0 Å². The second-order valence-electron chi connectivity index (χ2n) is 3.52. The third-order valence-electron chi connectivity index (χ3n) is 2.17. The van der Waals surface area contributed by atoms with Crippen LogP contribution in [-0.2, 0) is 6.54 Å². The number of hydrogen-bond donors (Lipinski definition) is 2. The zero-order valence-electron chi connectivity index (χ0n) is 9.23. The molecule has 0 amide bonds. The second-order valence-corrected chi connectivity index (χ2v) is 3.52. The van der Waals surface area contributed by atoms with Crippen molar-refractivity contribution in [3.63, 3.8) is 0 Å². The van der Waals surface area contributed by atoms with E-state index < -0.39 is 0 Å². The minimum atomic E-state index is -0.0280. The molecule has 0 saturated carbocycles. The van der Waals surface area contributed by atoms with Crippen LogP contribution in [0, 0.1) is 6.92 Å². The fourth-order valence-corrected chi connectivity index (χ4v) is 1.34. The normalized spacial score (nSPS) is 12.7. The lowest BCUT2D eigenvalue weighted by atomic mass is 10.2. The molecule has 0 bridgehead atoms. The highest BCUT2D eigenvalue weighted by molar-refractivity contribution is 5.23. The van der Waals surface area contributed by atoms with Crippen molar-refractivity contribution >= 4 is 6.01 Å². The maximum Gasteiger partial charge on any atom is 0.316 e. The van der Waals surface area contributed by atoms with Gasteiger partial charge in [-0.05, 0) is 26.0 Å². The van der Waals surface area contributed by atoms with E-state index in [-0.39, 0.29) is 12.6 Å². The highest BCUT2D eigenvalue weighted by Crippen LogP contribution is 2.20. The Morgan fingerprint density at radius 3 is 2.75 bits per heavy atom. The molecular weight excluding hydrogens is 208 g/mol. The number of nitrogens with one attached hydrogen (secondary N) is 1. The molecule has 0 aliphatic heterocycles. The van der Waals surface area contributed by atoms with Gasteiger partial charge in [-0.15, -0.1) is 5.10 Å². The van der Waals surface area contributed by atoms with E-state index in [9.17, 15) is 0 Å². The maximum atomic E-state index is 5.47. The molecule has 86 valence electrons. The summed E-state index contributed by atoms with van der Waals surface area (Å²) < 4.78 is 10.7. The summed E-state index contributed by atoms with van der Waals surface area (Å²) in [5.74, 6) is 2.10. The van der Waals surface area contributed by atoms with Gasteiger partial charge in [0.05, 0.1) is 12.6 Å². The summed E-state index contributed by atoms with van der Waals surface area (Å²) in [7, 11) is 0. The Labute approximate surface area is 92.8 Å². The standard InChI is InChI=1S/C10H14N4O2/c1-6-3-4-8(15-6)7(2)12-10-14-13-9(5-11)16-10/h3-4,7H,5,11H2,1-2H3,(H,12,14). The van der Waals surface area contributed by atoms with Crippen LogP contribution in [0.5, 0.6) is 0 Å². The SMILES string of the molecule is Cc1ccc(C(C)Nc2nnc(CN)o2)o1. The summed E-state index contributed by atoms with van der Waals surface area (Å²) in [6, 6.07) is 4.14. The van der Waals surface area contributed by atoms with Gasteiger partial charge in [0.1, 0.15) is 11.5 Å². The highest BCUT2D eigenvalue weighted by Gasteiger charge is 2.12. The van der Waals surface area contributed by atoms with Gasteiger partial charge in [0, 0.05) is 0 Å². The molecule has 2 heterocycles. The minimum Gasteiger partial charge on any atom is -0.464 e. The van der Waals surface area contributed by atoms with Crippen LogP contribution < -0.4 is 11.1 Å². The number of nitrogens with two attached hydrogens (primary N) is 1.